The molecule has 3 rings (SSSR count). The first-order valence-electron chi connectivity index (χ1n) is 6.31. The molecule has 0 unspecified atom stereocenters. The van der Waals surface area contributed by atoms with Gasteiger partial charge in [-0.3, -0.25) is 9.59 Å². The summed E-state index contributed by atoms with van der Waals surface area (Å²) in [4.78, 5) is 25.9. The van der Waals surface area contributed by atoms with Crippen molar-refractivity contribution in [1.82, 2.24) is 4.90 Å². The third-order valence-electron chi connectivity index (χ3n) is 3.38. The average Bonchev–Trinajstić information content (AvgIpc) is 2.76. The Kier molecular flexibility index (Phi) is 3.28. The highest BCUT2D eigenvalue weighted by Gasteiger charge is 2.28. The summed E-state index contributed by atoms with van der Waals surface area (Å²) >= 11 is 5.87. The van der Waals surface area contributed by atoms with E-state index in [4.69, 9.17) is 11.6 Å². The van der Waals surface area contributed by atoms with Crippen LogP contribution in [-0.2, 0) is 6.54 Å². The predicted molar refractivity (Wildman–Crippen MR) is 77.0 cm³/mol. The molecule has 2 aromatic carbocycles. The molecule has 0 aliphatic carbocycles. The summed E-state index contributed by atoms with van der Waals surface area (Å²) in [5.74, 6) is -0.190. The van der Waals surface area contributed by atoms with Crippen molar-refractivity contribution in [2.45, 2.75) is 6.54 Å². The van der Waals surface area contributed by atoms with Gasteiger partial charge in [0.15, 0.2) is 5.78 Å². The molecule has 0 aromatic heterocycles. The molecule has 0 saturated carbocycles. The molecule has 4 heteroatoms. The number of hydrogen-bond acceptors (Lipinski definition) is 2. The Labute approximate surface area is 121 Å². The van der Waals surface area contributed by atoms with Gasteiger partial charge in [0, 0.05) is 22.7 Å². The maximum atomic E-state index is 12.2. The summed E-state index contributed by atoms with van der Waals surface area (Å²) in [7, 11) is 0. The molecule has 0 radical (unpaired) electrons. The number of fused-ring (bicyclic) bond motifs is 1. The summed E-state index contributed by atoms with van der Waals surface area (Å²) in [6.45, 7) is 0.565. The molecule has 20 heavy (non-hydrogen) atoms. The van der Waals surface area contributed by atoms with Crippen molar-refractivity contribution >= 4 is 23.3 Å². The number of rotatable bonds is 3. The first kappa shape index (κ1) is 12.9. The smallest absolute Gasteiger partial charge is 0.254 e. The van der Waals surface area contributed by atoms with E-state index in [-0.39, 0.29) is 18.2 Å². The highest BCUT2D eigenvalue weighted by molar-refractivity contribution is 6.31. The molecular weight excluding hydrogens is 274 g/mol. The predicted octanol–water partition coefficient (Wildman–Crippen LogP) is 3.18. The van der Waals surface area contributed by atoms with Crippen LogP contribution in [0.15, 0.2) is 48.5 Å². The fourth-order valence-electron chi connectivity index (χ4n) is 2.37. The molecule has 1 aliphatic rings. The van der Waals surface area contributed by atoms with Gasteiger partial charge in [0.05, 0.1) is 6.54 Å². The van der Waals surface area contributed by atoms with E-state index in [1.807, 2.05) is 18.2 Å². The molecule has 1 aliphatic heterocycles. The second-order valence-electron chi connectivity index (χ2n) is 4.75. The standard InChI is InChI=1S/C16H12ClNO2/c17-13-6-3-5-11(8-13)15(19)10-18-9-12-4-1-2-7-14(12)16(18)20/h1-8H,9-10H2. The van der Waals surface area contributed by atoms with E-state index < -0.39 is 0 Å². The van der Waals surface area contributed by atoms with E-state index in [1.54, 1.807) is 35.2 Å². The van der Waals surface area contributed by atoms with Gasteiger partial charge >= 0.3 is 0 Å². The fraction of sp³-hybridized carbons (Fsp3) is 0.125. The molecule has 3 nitrogen and oxygen atoms in total. The minimum absolute atomic E-state index is 0.0772. The third-order valence-corrected chi connectivity index (χ3v) is 3.61. The third kappa shape index (κ3) is 2.32. The van der Waals surface area contributed by atoms with Crippen LogP contribution in [0.1, 0.15) is 26.3 Å². The number of carbonyl (C=O) groups excluding carboxylic acids is 2. The number of Topliss-reactive ketones (excluding diaryl/α,β-unsaturated/α-hetero) is 1. The summed E-state index contributed by atoms with van der Waals surface area (Å²) < 4.78 is 0. The lowest BCUT2D eigenvalue weighted by molar-refractivity contribution is 0.0729. The average molecular weight is 286 g/mol. The van der Waals surface area contributed by atoms with E-state index in [9.17, 15) is 9.59 Å². The number of benzene rings is 2. The van der Waals surface area contributed by atoms with Crippen LogP contribution in [0.3, 0.4) is 0 Å². The van der Waals surface area contributed by atoms with Crippen LogP contribution in [0.2, 0.25) is 5.02 Å². The van der Waals surface area contributed by atoms with Crippen LogP contribution in [0.25, 0.3) is 0 Å². The molecule has 0 saturated heterocycles. The summed E-state index contributed by atoms with van der Waals surface area (Å²) in [6.07, 6.45) is 0. The highest BCUT2D eigenvalue weighted by atomic mass is 35.5. The van der Waals surface area contributed by atoms with Gasteiger partial charge < -0.3 is 4.90 Å². The molecule has 0 spiro atoms. The Morgan fingerprint density at radius 3 is 2.70 bits per heavy atom. The molecule has 0 bridgehead atoms. The lowest BCUT2D eigenvalue weighted by Crippen LogP contribution is -2.30. The van der Waals surface area contributed by atoms with Gasteiger partial charge in [-0.2, -0.15) is 0 Å². The zero-order valence-corrected chi connectivity index (χ0v) is 11.4. The Morgan fingerprint density at radius 2 is 1.95 bits per heavy atom. The number of halogens is 1. The maximum absolute atomic E-state index is 12.2. The largest absolute Gasteiger partial charge is 0.327 e. The van der Waals surface area contributed by atoms with Crippen molar-refractivity contribution in [1.29, 1.82) is 0 Å². The number of hydrogen-bond donors (Lipinski definition) is 0. The summed E-state index contributed by atoms with van der Waals surface area (Å²) in [5.41, 5.74) is 2.18. The van der Waals surface area contributed by atoms with Gasteiger partial charge in [-0.1, -0.05) is 41.9 Å². The van der Waals surface area contributed by atoms with Crippen molar-refractivity contribution in [3.8, 4) is 0 Å². The maximum Gasteiger partial charge on any atom is 0.254 e. The molecular formula is C16H12ClNO2. The van der Waals surface area contributed by atoms with E-state index in [0.717, 1.165) is 5.56 Å². The molecule has 0 N–H and O–H groups in total. The van der Waals surface area contributed by atoms with E-state index >= 15 is 0 Å². The van der Waals surface area contributed by atoms with Gasteiger partial charge in [-0.05, 0) is 23.8 Å². The minimum atomic E-state index is -0.103. The fourth-order valence-corrected chi connectivity index (χ4v) is 2.56. The molecule has 0 fully saturated rings. The van der Waals surface area contributed by atoms with Crippen LogP contribution in [0.5, 0.6) is 0 Å². The summed E-state index contributed by atoms with van der Waals surface area (Å²) in [5, 5.41) is 0.520. The quantitative estimate of drug-likeness (QED) is 0.812. The van der Waals surface area contributed by atoms with Gasteiger partial charge in [-0.25, -0.2) is 0 Å². The first-order valence-corrected chi connectivity index (χ1v) is 6.69. The minimum Gasteiger partial charge on any atom is -0.327 e. The van der Waals surface area contributed by atoms with E-state index in [0.29, 0.717) is 22.7 Å². The van der Waals surface area contributed by atoms with Crippen LogP contribution in [-0.4, -0.2) is 23.1 Å². The summed E-state index contributed by atoms with van der Waals surface area (Å²) in [6, 6.07) is 14.2. The zero-order valence-electron chi connectivity index (χ0n) is 10.7. The molecule has 0 atom stereocenters. The van der Waals surface area contributed by atoms with Crippen molar-refractivity contribution in [3.63, 3.8) is 0 Å². The van der Waals surface area contributed by atoms with Gasteiger partial charge in [0.25, 0.3) is 5.91 Å². The number of amides is 1. The van der Waals surface area contributed by atoms with Crippen LogP contribution >= 0.6 is 11.6 Å². The van der Waals surface area contributed by atoms with Crippen LogP contribution in [0.4, 0.5) is 0 Å². The molecule has 1 amide bonds. The normalized spacial score (nSPS) is 13.4. The highest BCUT2D eigenvalue weighted by Crippen LogP contribution is 2.22. The molecule has 2 aromatic rings. The van der Waals surface area contributed by atoms with Crippen molar-refractivity contribution < 1.29 is 9.59 Å². The van der Waals surface area contributed by atoms with Crippen LogP contribution in [0, 0.1) is 0 Å². The number of carbonyl (C=O) groups is 2. The lowest BCUT2D eigenvalue weighted by atomic mass is 10.1. The topological polar surface area (TPSA) is 37.4 Å². The monoisotopic (exact) mass is 285 g/mol. The Morgan fingerprint density at radius 1 is 1.15 bits per heavy atom. The van der Waals surface area contributed by atoms with Gasteiger partial charge in [0.1, 0.15) is 0 Å². The number of nitrogens with zero attached hydrogens (tertiary/aromatic N) is 1. The van der Waals surface area contributed by atoms with Gasteiger partial charge in [-0.15, -0.1) is 0 Å². The molecule has 1 heterocycles. The second kappa shape index (κ2) is 5.10. The Bertz CT molecular complexity index is 696. The Balaban J connectivity index is 1.77. The zero-order chi connectivity index (χ0) is 14.1. The number of ketones is 1. The Hall–Kier alpha value is -2.13. The van der Waals surface area contributed by atoms with E-state index in [2.05, 4.69) is 0 Å². The lowest BCUT2D eigenvalue weighted by Gasteiger charge is -2.14. The first-order chi connectivity index (χ1) is 9.65. The van der Waals surface area contributed by atoms with Crippen molar-refractivity contribution in [2.24, 2.45) is 0 Å². The van der Waals surface area contributed by atoms with E-state index in [1.165, 1.54) is 0 Å². The van der Waals surface area contributed by atoms with Crippen molar-refractivity contribution in [3.05, 3.63) is 70.2 Å². The SMILES string of the molecule is O=C(CN1Cc2ccccc2C1=O)c1cccc(Cl)c1. The van der Waals surface area contributed by atoms with Crippen LogP contribution < -0.4 is 0 Å². The van der Waals surface area contributed by atoms with Gasteiger partial charge in [0.2, 0.25) is 0 Å². The second-order valence-corrected chi connectivity index (χ2v) is 5.19. The molecule has 100 valence electrons. The van der Waals surface area contributed by atoms with Crippen molar-refractivity contribution in [2.75, 3.05) is 6.54 Å².